The predicted octanol–water partition coefficient (Wildman–Crippen LogP) is 3.31. The van der Waals surface area contributed by atoms with Gasteiger partial charge in [-0.3, -0.25) is 4.99 Å². The van der Waals surface area contributed by atoms with Crippen molar-refractivity contribution in [2.75, 3.05) is 25.9 Å². The van der Waals surface area contributed by atoms with Gasteiger partial charge in [-0.2, -0.15) is 0 Å². The standard InChI is InChI=1S/C19H24FN3O2S.HI/c1-3-21-19(23(2)15-16-9-11-17(20)12-10-16)22-13-14-26(24,25)18-7-5-4-6-8-18;/h4-12H,3,13-15H2,1-2H3,(H,21,22);1H. The Hall–Kier alpha value is -1.68. The van der Waals surface area contributed by atoms with Gasteiger partial charge in [-0.25, -0.2) is 12.8 Å². The first-order valence-electron chi connectivity index (χ1n) is 8.44. The van der Waals surface area contributed by atoms with Gasteiger partial charge in [0.15, 0.2) is 15.8 Å². The molecule has 0 saturated heterocycles. The molecule has 0 bridgehead atoms. The third-order valence-electron chi connectivity index (χ3n) is 3.75. The van der Waals surface area contributed by atoms with Gasteiger partial charge in [0.1, 0.15) is 5.82 Å². The number of rotatable bonds is 7. The van der Waals surface area contributed by atoms with E-state index >= 15 is 0 Å². The molecule has 0 atom stereocenters. The van der Waals surface area contributed by atoms with E-state index in [2.05, 4.69) is 10.3 Å². The normalized spacial score (nSPS) is 11.6. The van der Waals surface area contributed by atoms with E-state index in [0.717, 1.165) is 5.56 Å². The zero-order valence-corrected chi connectivity index (χ0v) is 18.6. The van der Waals surface area contributed by atoms with Crippen LogP contribution in [-0.2, 0) is 16.4 Å². The summed E-state index contributed by atoms with van der Waals surface area (Å²) in [5.41, 5.74) is 0.941. The lowest BCUT2D eigenvalue weighted by atomic mass is 10.2. The maximum Gasteiger partial charge on any atom is 0.193 e. The van der Waals surface area contributed by atoms with Gasteiger partial charge in [0.2, 0.25) is 0 Å². The molecular weight excluding hydrogens is 480 g/mol. The number of halogens is 2. The summed E-state index contributed by atoms with van der Waals surface area (Å²) < 4.78 is 37.7. The van der Waals surface area contributed by atoms with E-state index in [0.29, 0.717) is 23.9 Å². The van der Waals surface area contributed by atoms with Crippen LogP contribution in [-0.4, -0.2) is 45.2 Å². The minimum absolute atomic E-state index is 0. The number of guanidine groups is 1. The molecule has 0 heterocycles. The molecule has 0 spiro atoms. The molecule has 0 aliphatic rings. The quantitative estimate of drug-likeness (QED) is 0.357. The Kier molecular flexibility index (Phi) is 9.71. The number of benzene rings is 2. The fraction of sp³-hybridized carbons (Fsp3) is 0.316. The van der Waals surface area contributed by atoms with Gasteiger partial charge in [0.25, 0.3) is 0 Å². The molecule has 8 heteroatoms. The summed E-state index contributed by atoms with van der Waals surface area (Å²) in [6, 6.07) is 14.6. The van der Waals surface area contributed by atoms with Crippen LogP contribution in [0.5, 0.6) is 0 Å². The van der Waals surface area contributed by atoms with E-state index in [4.69, 9.17) is 0 Å². The van der Waals surface area contributed by atoms with Gasteiger partial charge in [-0.15, -0.1) is 24.0 Å². The highest BCUT2D eigenvalue weighted by Gasteiger charge is 2.14. The molecule has 27 heavy (non-hydrogen) atoms. The van der Waals surface area contributed by atoms with Crippen LogP contribution in [0, 0.1) is 5.82 Å². The van der Waals surface area contributed by atoms with Crippen LogP contribution < -0.4 is 5.32 Å². The average Bonchev–Trinajstić information content (AvgIpc) is 2.63. The van der Waals surface area contributed by atoms with Crippen molar-refractivity contribution in [2.24, 2.45) is 4.99 Å². The summed E-state index contributed by atoms with van der Waals surface area (Å²) in [6.07, 6.45) is 0. The minimum atomic E-state index is -3.36. The van der Waals surface area contributed by atoms with Crippen LogP contribution >= 0.6 is 24.0 Å². The first-order chi connectivity index (χ1) is 12.4. The Morgan fingerprint density at radius 2 is 1.74 bits per heavy atom. The number of sulfone groups is 1. The number of nitrogens with one attached hydrogen (secondary N) is 1. The zero-order chi connectivity index (χ0) is 19.0. The molecular formula is C19H25FIN3O2S. The predicted molar refractivity (Wildman–Crippen MR) is 118 cm³/mol. The Morgan fingerprint density at radius 1 is 1.11 bits per heavy atom. The van der Waals surface area contributed by atoms with Gasteiger partial charge < -0.3 is 10.2 Å². The molecule has 5 nitrogen and oxygen atoms in total. The first-order valence-corrected chi connectivity index (χ1v) is 10.1. The summed E-state index contributed by atoms with van der Waals surface area (Å²) >= 11 is 0. The van der Waals surface area contributed by atoms with Gasteiger partial charge in [-0.05, 0) is 36.8 Å². The topological polar surface area (TPSA) is 61.8 Å². The fourth-order valence-electron chi connectivity index (χ4n) is 2.43. The highest BCUT2D eigenvalue weighted by atomic mass is 127. The Balaban J connectivity index is 0.00000364. The van der Waals surface area contributed by atoms with Crippen molar-refractivity contribution in [2.45, 2.75) is 18.4 Å². The second-order valence-electron chi connectivity index (χ2n) is 5.85. The van der Waals surface area contributed by atoms with Crippen LogP contribution in [0.4, 0.5) is 4.39 Å². The van der Waals surface area contributed by atoms with Crippen molar-refractivity contribution in [3.05, 3.63) is 66.0 Å². The van der Waals surface area contributed by atoms with E-state index in [1.54, 1.807) is 42.5 Å². The van der Waals surface area contributed by atoms with E-state index < -0.39 is 9.84 Å². The molecule has 0 radical (unpaired) electrons. The van der Waals surface area contributed by atoms with E-state index in [9.17, 15) is 12.8 Å². The highest BCUT2D eigenvalue weighted by Crippen LogP contribution is 2.10. The first kappa shape index (κ1) is 23.4. The molecule has 0 fully saturated rings. The highest BCUT2D eigenvalue weighted by molar-refractivity contribution is 14.0. The lowest BCUT2D eigenvalue weighted by Gasteiger charge is -2.22. The number of hydrogen-bond donors (Lipinski definition) is 1. The summed E-state index contributed by atoms with van der Waals surface area (Å²) in [4.78, 5) is 6.60. The number of hydrogen-bond acceptors (Lipinski definition) is 3. The molecule has 2 aromatic carbocycles. The van der Waals surface area contributed by atoms with Crippen LogP contribution in [0.25, 0.3) is 0 Å². The van der Waals surface area contributed by atoms with Crippen molar-refractivity contribution in [1.82, 2.24) is 10.2 Å². The Morgan fingerprint density at radius 3 is 2.33 bits per heavy atom. The van der Waals surface area contributed by atoms with E-state index in [1.807, 2.05) is 18.9 Å². The van der Waals surface area contributed by atoms with Gasteiger partial charge in [0.05, 0.1) is 17.2 Å². The Labute approximate surface area is 177 Å². The van der Waals surface area contributed by atoms with Crippen molar-refractivity contribution < 1.29 is 12.8 Å². The largest absolute Gasteiger partial charge is 0.357 e. The van der Waals surface area contributed by atoms with Crippen LogP contribution in [0.3, 0.4) is 0 Å². The maximum atomic E-state index is 13.0. The zero-order valence-electron chi connectivity index (χ0n) is 15.4. The van der Waals surface area contributed by atoms with Gasteiger partial charge in [0, 0.05) is 20.1 Å². The molecule has 0 aliphatic carbocycles. The molecule has 2 aromatic rings. The van der Waals surface area contributed by atoms with Gasteiger partial charge in [-0.1, -0.05) is 30.3 Å². The molecule has 0 unspecified atom stereocenters. The summed E-state index contributed by atoms with van der Waals surface area (Å²) in [5, 5.41) is 3.15. The van der Waals surface area contributed by atoms with E-state index in [1.165, 1.54) is 12.1 Å². The van der Waals surface area contributed by atoms with Crippen molar-refractivity contribution in [3.8, 4) is 0 Å². The molecule has 1 N–H and O–H groups in total. The third-order valence-corrected chi connectivity index (χ3v) is 5.46. The van der Waals surface area contributed by atoms with Crippen molar-refractivity contribution in [1.29, 1.82) is 0 Å². The van der Waals surface area contributed by atoms with Crippen molar-refractivity contribution in [3.63, 3.8) is 0 Å². The van der Waals surface area contributed by atoms with Crippen LogP contribution in [0.1, 0.15) is 12.5 Å². The molecule has 0 amide bonds. The lowest BCUT2D eigenvalue weighted by molar-refractivity contribution is 0.477. The van der Waals surface area contributed by atoms with E-state index in [-0.39, 0.29) is 42.1 Å². The molecule has 0 aromatic heterocycles. The monoisotopic (exact) mass is 505 g/mol. The Bertz CT molecular complexity index is 828. The molecule has 0 aliphatic heterocycles. The smallest absolute Gasteiger partial charge is 0.193 e. The third kappa shape index (κ3) is 7.45. The average molecular weight is 505 g/mol. The molecule has 2 rings (SSSR count). The molecule has 148 valence electrons. The number of aliphatic imine (C=N–C) groups is 1. The maximum absolute atomic E-state index is 13.0. The fourth-order valence-corrected chi connectivity index (χ4v) is 3.56. The number of nitrogens with zero attached hydrogens (tertiary/aromatic N) is 2. The van der Waals surface area contributed by atoms with Crippen molar-refractivity contribution >= 4 is 39.8 Å². The molecule has 0 saturated carbocycles. The SMILES string of the molecule is CCNC(=NCCS(=O)(=O)c1ccccc1)N(C)Cc1ccc(F)cc1.I. The lowest BCUT2D eigenvalue weighted by Crippen LogP contribution is -2.38. The minimum Gasteiger partial charge on any atom is -0.357 e. The van der Waals surface area contributed by atoms with Crippen LogP contribution in [0.15, 0.2) is 64.5 Å². The summed E-state index contributed by atoms with van der Waals surface area (Å²) in [7, 11) is -1.50. The second-order valence-corrected chi connectivity index (χ2v) is 7.96. The van der Waals surface area contributed by atoms with Crippen LogP contribution in [0.2, 0.25) is 0 Å². The summed E-state index contributed by atoms with van der Waals surface area (Å²) in [5.74, 6) is 0.277. The summed E-state index contributed by atoms with van der Waals surface area (Å²) in [6.45, 7) is 3.31. The second kappa shape index (κ2) is 11.2. The van der Waals surface area contributed by atoms with Gasteiger partial charge >= 0.3 is 0 Å².